The first-order valence-electron chi connectivity index (χ1n) is 6.07. The Morgan fingerprint density at radius 1 is 1.26 bits per heavy atom. The van der Waals surface area contributed by atoms with Gasteiger partial charge in [-0.3, -0.25) is 4.79 Å². The smallest absolute Gasteiger partial charge is 0.325 e. The Balaban J connectivity index is 2.48. The number of carbonyl (C=O) groups is 1. The van der Waals surface area contributed by atoms with Crippen LogP contribution in [0.1, 0.15) is 18.9 Å². The first-order chi connectivity index (χ1) is 8.92. The van der Waals surface area contributed by atoms with E-state index in [2.05, 4.69) is 10.6 Å². The SMILES string of the molecule is CCCc1ccccc1NC(=O)CNCC(F)(F)F. The quantitative estimate of drug-likeness (QED) is 0.837. The van der Waals surface area contributed by atoms with Crippen LogP contribution in [0.5, 0.6) is 0 Å². The van der Waals surface area contributed by atoms with Crippen molar-refractivity contribution in [1.29, 1.82) is 0 Å². The lowest BCUT2D eigenvalue weighted by molar-refractivity contribution is -0.126. The molecule has 106 valence electrons. The molecule has 3 nitrogen and oxygen atoms in total. The predicted octanol–water partition coefficient (Wildman–Crippen LogP) is 2.73. The van der Waals surface area contributed by atoms with Gasteiger partial charge in [-0.15, -0.1) is 0 Å². The molecule has 0 saturated heterocycles. The zero-order valence-electron chi connectivity index (χ0n) is 10.7. The first kappa shape index (κ1) is 15.5. The van der Waals surface area contributed by atoms with E-state index in [1.54, 1.807) is 12.1 Å². The van der Waals surface area contributed by atoms with Gasteiger partial charge in [-0.25, -0.2) is 0 Å². The molecule has 0 aliphatic heterocycles. The van der Waals surface area contributed by atoms with Gasteiger partial charge in [0.2, 0.25) is 5.91 Å². The van der Waals surface area contributed by atoms with Crippen molar-refractivity contribution in [2.45, 2.75) is 25.9 Å². The standard InChI is InChI=1S/C13H17F3N2O/c1-2-5-10-6-3-4-7-11(10)18-12(19)8-17-9-13(14,15)16/h3-4,6-7,17H,2,5,8-9H2,1H3,(H,18,19). The highest BCUT2D eigenvalue weighted by atomic mass is 19.4. The molecule has 0 radical (unpaired) electrons. The van der Waals surface area contributed by atoms with Gasteiger partial charge in [0.25, 0.3) is 0 Å². The maximum atomic E-state index is 11.9. The largest absolute Gasteiger partial charge is 0.401 e. The second-order valence-electron chi connectivity index (χ2n) is 4.17. The molecule has 0 atom stereocenters. The Labute approximate surface area is 110 Å². The third kappa shape index (κ3) is 6.24. The number of aryl methyl sites for hydroxylation is 1. The summed E-state index contributed by atoms with van der Waals surface area (Å²) in [5.41, 5.74) is 1.64. The predicted molar refractivity (Wildman–Crippen MR) is 68.0 cm³/mol. The topological polar surface area (TPSA) is 41.1 Å². The van der Waals surface area contributed by atoms with E-state index in [0.717, 1.165) is 18.4 Å². The molecule has 0 bridgehead atoms. The molecule has 19 heavy (non-hydrogen) atoms. The second-order valence-corrected chi connectivity index (χ2v) is 4.17. The van der Waals surface area contributed by atoms with Crippen molar-refractivity contribution in [1.82, 2.24) is 5.32 Å². The first-order valence-corrected chi connectivity index (χ1v) is 6.07. The number of benzene rings is 1. The molecule has 1 aromatic rings. The van der Waals surface area contributed by atoms with Crippen LogP contribution in [-0.4, -0.2) is 25.2 Å². The van der Waals surface area contributed by atoms with Gasteiger partial charge in [0.15, 0.2) is 0 Å². The summed E-state index contributed by atoms with van der Waals surface area (Å²) in [5, 5.41) is 4.67. The molecule has 0 aliphatic carbocycles. The fourth-order valence-electron chi connectivity index (χ4n) is 1.64. The van der Waals surface area contributed by atoms with E-state index in [-0.39, 0.29) is 6.54 Å². The lowest BCUT2D eigenvalue weighted by atomic mass is 10.1. The van der Waals surface area contributed by atoms with Gasteiger partial charge < -0.3 is 10.6 Å². The van der Waals surface area contributed by atoms with Gasteiger partial charge in [-0.05, 0) is 18.1 Å². The lowest BCUT2D eigenvalue weighted by Crippen LogP contribution is -2.35. The molecule has 0 unspecified atom stereocenters. The number of hydrogen-bond acceptors (Lipinski definition) is 2. The van der Waals surface area contributed by atoms with Crippen LogP contribution < -0.4 is 10.6 Å². The molecule has 0 aliphatic rings. The number of anilines is 1. The Morgan fingerprint density at radius 2 is 1.95 bits per heavy atom. The molecule has 1 aromatic carbocycles. The minimum atomic E-state index is -4.31. The average molecular weight is 274 g/mol. The molecule has 1 amide bonds. The Bertz CT molecular complexity index is 419. The van der Waals surface area contributed by atoms with Crippen molar-refractivity contribution in [3.05, 3.63) is 29.8 Å². The van der Waals surface area contributed by atoms with E-state index in [0.29, 0.717) is 5.69 Å². The highest BCUT2D eigenvalue weighted by Crippen LogP contribution is 2.16. The summed E-state index contributed by atoms with van der Waals surface area (Å²) in [7, 11) is 0. The van der Waals surface area contributed by atoms with Crippen LogP contribution in [0.25, 0.3) is 0 Å². The monoisotopic (exact) mass is 274 g/mol. The number of carbonyl (C=O) groups excluding carboxylic acids is 1. The molecule has 0 spiro atoms. The minimum Gasteiger partial charge on any atom is -0.325 e. The summed E-state index contributed by atoms with van der Waals surface area (Å²) in [4.78, 5) is 11.5. The van der Waals surface area contributed by atoms with Crippen molar-refractivity contribution < 1.29 is 18.0 Å². The van der Waals surface area contributed by atoms with Gasteiger partial charge in [-0.2, -0.15) is 13.2 Å². The molecule has 0 fully saturated rings. The highest BCUT2D eigenvalue weighted by Gasteiger charge is 2.26. The summed E-state index contributed by atoms with van der Waals surface area (Å²) in [6, 6.07) is 7.27. The van der Waals surface area contributed by atoms with Crippen molar-refractivity contribution in [3.8, 4) is 0 Å². The van der Waals surface area contributed by atoms with E-state index >= 15 is 0 Å². The van der Waals surface area contributed by atoms with Crippen LogP contribution in [0.3, 0.4) is 0 Å². The number of alkyl halides is 3. The van der Waals surface area contributed by atoms with Crippen LogP contribution >= 0.6 is 0 Å². The summed E-state index contributed by atoms with van der Waals surface area (Å²) in [5.74, 6) is -0.479. The van der Waals surface area contributed by atoms with Gasteiger partial charge >= 0.3 is 6.18 Å². The van der Waals surface area contributed by atoms with Gasteiger partial charge in [0.1, 0.15) is 0 Å². The van der Waals surface area contributed by atoms with E-state index in [1.807, 2.05) is 19.1 Å². The molecule has 6 heteroatoms. The van der Waals surface area contributed by atoms with Gasteiger partial charge in [-0.1, -0.05) is 31.5 Å². The van der Waals surface area contributed by atoms with E-state index in [4.69, 9.17) is 0 Å². The lowest BCUT2D eigenvalue weighted by Gasteiger charge is -2.11. The summed E-state index contributed by atoms with van der Waals surface area (Å²) < 4.78 is 35.7. The fraction of sp³-hybridized carbons (Fsp3) is 0.462. The minimum absolute atomic E-state index is 0.361. The normalized spacial score (nSPS) is 11.4. The molecule has 0 aromatic heterocycles. The van der Waals surface area contributed by atoms with Crippen LogP contribution in [0.4, 0.5) is 18.9 Å². The third-order valence-electron chi connectivity index (χ3n) is 2.42. The van der Waals surface area contributed by atoms with Crippen molar-refractivity contribution in [2.24, 2.45) is 0 Å². The fourth-order valence-corrected chi connectivity index (χ4v) is 1.64. The maximum Gasteiger partial charge on any atom is 0.401 e. The van der Waals surface area contributed by atoms with E-state index in [1.165, 1.54) is 0 Å². The van der Waals surface area contributed by atoms with E-state index < -0.39 is 18.6 Å². The van der Waals surface area contributed by atoms with Crippen molar-refractivity contribution >= 4 is 11.6 Å². The van der Waals surface area contributed by atoms with Gasteiger partial charge in [0, 0.05) is 5.69 Å². The Kier molecular flexibility index (Phi) is 5.82. The molecular weight excluding hydrogens is 257 g/mol. The van der Waals surface area contributed by atoms with Crippen molar-refractivity contribution in [3.63, 3.8) is 0 Å². The van der Waals surface area contributed by atoms with Crippen LogP contribution in [0.15, 0.2) is 24.3 Å². The maximum absolute atomic E-state index is 11.9. The van der Waals surface area contributed by atoms with Crippen LogP contribution in [0.2, 0.25) is 0 Å². The number of halogens is 3. The third-order valence-corrected chi connectivity index (χ3v) is 2.42. The zero-order chi connectivity index (χ0) is 14.3. The Morgan fingerprint density at radius 3 is 2.58 bits per heavy atom. The molecular formula is C13H17F3N2O. The zero-order valence-corrected chi connectivity index (χ0v) is 10.7. The summed E-state index contributed by atoms with van der Waals surface area (Å²) in [6.45, 7) is 0.487. The molecule has 0 saturated carbocycles. The van der Waals surface area contributed by atoms with Crippen LogP contribution in [-0.2, 0) is 11.2 Å². The highest BCUT2D eigenvalue weighted by molar-refractivity contribution is 5.92. The summed E-state index contributed by atoms with van der Waals surface area (Å²) in [6.07, 6.45) is -2.56. The molecule has 0 heterocycles. The average Bonchev–Trinajstić information content (AvgIpc) is 2.30. The number of amides is 1. The second kappa shape index (κ2) is 7.13. The van der Waals surface area contributed by atoms with Crippen LogP contribution in [0, 0.1) is 0 Å². The van der Waals surface area contributed by atoms with Crippen molar-refractivity contribution in [2.75, 3.05) is 18.4 Å². The van der Waals surface area contributed by atoms with E-state index in [9.17, 15) is 18.0 Å². The number of para-hydroxylation sites is 1. The number of nitrogens with one attached hydrogen (secondary N) is 2. The number of hydrogen-bond donors (Lipinski definition) is 2. The Hall–Kier alpha value is -1.56. The number of rotatable bonds is 6. The summed E-state index contributed by atoms with van der Waals surface area (Å²) >= 11 is 0. The van der Waals surface area contributed by atoms with Gasteiger partial charge in [0.05, 0.1) is 13.1 Å². The molecule has 1 rings (SSSR count). The molecule has 2 N–H and O–H groups in total.